The number of nitrogens with one attached hydrogen (secondary N) is 1. The van der Waals surface area contributed by atoms with Gasteiger partial charge in [0.2, 0.25) is 0 Å². The quantitative estimate of drug-likeness (QED) is 0.921. The van der Waals surface area contributed by atoms with Crippen LogP contribution in [-0.2, 0) is 13.5 Å². The molecule has 0 saturated heterocycles. The van der Waals surface area contributed by atoms with E-state index in [2.05, 4.69) is 49.5 Å². The summed E-state index contributed by atoms with van der Waals surface area (Å²) in [6.07, 6.45) is 7.18. The molecule has 1 aliphatic rings. The molecule has 0 amide bonds. The third kappa shape index (κ3) is 4.58. The standard InChI is InChI=1S/C16H30N4/c1-12-6-7-13(10-17-16(2,3)4)14(8-12)9-15-11-20(5)19-18-15/h11-14,17H,6-10H2,1-5H3. The summed E-state index contributed by atoms with van der Waals surface area (Å²) >= 11 is 0. The van der Waals surface area contributed by atoms with E-state index in [1.54, 1.807) is 0 Å². The lowest BCUT2D eigenvalue weighted by Gasteiger charge is -2.36. The Kier molecular flexibility index (Phi) is 4.84. The number of hydrogen-bond acceptors (Lipinski definition) is 3. The van der Waals surface area contributed by atoms with Gasteiger partial charge in [0.05, 0.1) is 5.69 Å². The second kappa shape index (κ2) is 6.25. The van der Waals surface area contributed by atoms with Gasteiger partial charge in [0.15, 0.2) is 0 Å². The van der Waals surface area contributed by atoms with Gasteiger partial charge >= 0.3 is 0 Å². The van der Waals surface area contributed by atoms with Crippen molar-refractivity contribution in [3.63, 3.8) is 0 Å². The molecule has 0 aromatic carbocycles. The van der Waals surface area contributed by atoms with Gasteiger partial charge < -0.3 is 5.32 Å². The highest BCUT2D eigenvalue weighted by molar-refractivity contribution is 4.97. The van der Waals surface area contributed by atoms with Crippen LogP contribution in [0.15, 0.2) is 6.20 Å². The van der Waals surface area contributed by atoms with E-state index in [4.69, 9.17) is 0 Å². The summed E-state index contributed by atoms with van der Waals surface area (Å²) < 4.78 is 1.81. The van der Waals surface area contributed by atoms with Crippen molar-refractivity contribution in [3.8, 4) is 0 Å². The maximum absolute atomic E-state index is 4.27. The van der Waals surface area contributed by atoms with Gasteiger partial charge in [-0.25, -0.2) is 0 Å². The summed E-state index contributed by atoms with van der Waals surface area (Å²) in [5.74, 6) is 2.36. The molecule has 20 heavy (non-hydrogen) atoms. The molecule has 0 spiro atoms. The number of aromatic nitrogens is 3. The minimum Gasteiger partial charge on any atom is -0.312 e. The molecule has 3 unspecified atom stereocenters. The Morgan fingerprint density at radius 2 is 2.05 bits per heavy atom. The Hall–Kier alpha value is -0.900. The fourth-order valence-electron chi connectivity index (χ4n) is 3.27. The minimum atomic E-state index is 0.208. The molecule has 3 atom stereocenters. The van der Waals surface area contributed by atoms with E-state index >= 15 is 0 Å². The van der Waals surface area contributed by atoms with Crippen molar-refractivity contribution in [2.24, 2.45) is 24.8 Å². The molecule has 1 N–H and O–H groups in total. The highest BCUT2D eigenvalue weighted by Crippen LogP contribution is 2.35. The Morgan fingerprint density at radius 3 is 2.65 bits per heavy atom. The van der Waals surface area contributed by atoms with E-state index in [1.807, 2.05) is 11.7 Å². The van der Waals surface area contributed by atoms with E-state index < -0.39 is 0 Å². The average Bonchev–Trinajstić information content (AvgIpc) is 2.72. The Morgan fingerprint density at radius 1 is 1.30 bits per heavy atom. The number of nitrogens with zero attached hydrogens (tertiary/aromatic N) is 3. The monoisotopic (exact) mass is 278 g/mol. The first-order chi connectivity index (χ1) is 9.33. The highest BCUT2D eigenvalue weighted by atomic mass is 15.4. The second-order valence-electron chi connectivity index (χ2n) is 7.66. The molecule has 2 rings (SSSR count). The number of aryl methyl sites for hydroxylation is 1. The van der Waals surface area contributed by atoms with E-state index in [0.717, 1.165) is 36.4 Å². The van der Waals surface area contributed by atoms with Crippen LogP contribution in [0.5, 0.6) is 0 Å². The van der Waals surface area contributed by atoms with E-state index in [-0.39, 0.29) is 5.54 Å². The van der Waals surface area contributed by atoms with Crippen molar-refractivity contribution >= 4 is 0 Å². The van der Waals surface area contributed by atoms with Gasteiger partial charge in [-0.3, -0.25) is 4.68 Å². The first kappa shape index (κ1) is 15.5. The van der Waals surface area contributed by atoms with Crippen LogP contribution in [0.25, 0.3) is 0 Å². The Bertz CT molecular complexity index is 418. The smallest absolute Gasteiger partial charge is 0.0829 e. The molecule has 1 aliphatic carbocycles. The van der Waals surface area contributed by atoms with Crippen molar-refractivity contribution in [2.75, 3.05) is 6.54 Å². The molecule has 114 valence electrons. The third-order valence-electron chi connectivity index (χ3n) is 4.42. The predicted octanol–water partition coefficient (Wildman–Crippen LogP) is 2.80. The van der Waals surface area contributed by atoms with Crippen LogP contribution in [-0.4, -0.2) is 27.1 Å². The summed E-state index contributed by atoms with van der Waals surface area (Å²) in [4.78, 5) is 0. The number of hydrogen-bond donors (Lipinski definition) is 1. The van der Waals surface area contributed by atoms with E-state index in [9.17, 15) is 0 Å². The van der Waals surface area contributed by atoms with Crippen molar-refractivity contribution in [1.82, 2.24) is 20.3 Å². The van der Waals surface area contributed by atoms with Crippen LogP contribution >= 0.6 is 0 Å². The van der Waals surface area contributed by atoms with Crippen molar-refractivity contribution in [1.29, 1.82) is 0 Å². The van der Waals surface area contributed by atoms with Gasteiger partial charge in [0.25, 0.3) is 0 Å². The van der Waals surface area contributed by atoms with Gasteiger partial charge in [0, 0.05) is 18.8 Å². The summed E-state index contributed by atoms with van der Waals surface area (Å²) in [6.45, 7) is 10.3. The molecule has 1 heterocycles. The van der Waals surface area contributed by atoms with Gasteiger partial charge in [-0.15, -0.1) is 5.10 Å². The van der Waals surface area contributed by atoms with Crippen LogP contribution < -0.4 is 5.32 Å². The Labute approximate surface area is 123 Å². The van der Waals surface area contributed by atoms with Crippen LogP contribution in [0.2, 0.25) is 0 Å². The summed E-state index contributed by atoms with van der Waals surface area (Å²) in [6, 6.07) is 0. The SMILES string of the molecule is CC1CCC(CNC(C)(C)C)C(Cc2cn(C)nn2)C1. The van der Waals surface area contributed by atoms with Gasteiger partial charge in [0.1, 0.15) is 0 Å². The molecular weight excluding hydrogens is 248 g/mol. The molecule has 0 radical (unpaired) electrons. The number of rotatable bonds is 4. The normalized spacial score (nSPS) is 27.8. The molecule has 1 aromatic rings. The third-order valence-corrected chi connectivity index (χ3v) is 4.42. The van der Waals surface area contributed by atoms with Gasteiger partial charge in [-0.05, 0) is 64.3 Å². The van der Waals surface area contributed by atoms with Crippen LogP contribution in [0.4, 0.5) is 0 Å². The molecule has 1 fully saturated rings. The largest absolute Gasteiger partial charge is 0.312 e. The molecule has 1 aromatic heterocycles. The van der Waals surface area contributed by atoms with Crippen LogP contribution in [0.3, 0.4) is 0 Å². The van der Waals surface area contributed by atoms with Crippen molar-refractivity contribution < 1.29 is 0 Å². The van der Waals surface area contributed by atoms with Crippen LogP contribution in [0, 0.1) is 17.8 Å². The zero-order chi connectivity index (χ0) is 14.8. The average molecular weight is 278 g/mol. The zero-order valence-electron chi connectivity index (χ0n) is 13.7. The molecular formula is C16H30N4. The summed E-state index contributed by atoms with van der Waals surface area (Å²) in [5, 5.41) is 12.0. The first-order valence-electron chi connectivity index (χ1n) is 7.93. The summed E-state index contributed by atoms with van der Waals surface area (Å²) in [5.41, 5.74) is 1.35. The van der Waals surface area contributed by atoms with E-state index in [0.29, 0.717) is 0 Å². The lowest BCUT2D eigenvalue weighted by molar-refractivity contribution is 0.173. The minimum absolute atomic E-state index is 0.208. The lowest BCUT2D eigenvalue weighted by atomic mass is 9.72. The zero-order valence-corrected chi connectivity index (χ0v) is 13.7. The van der Waals surface area contributed by atoms with Crippen LogP contribution in [0.1, 0.15) is 52.7 Å². The highest BCUT2D eigenvalue weighted by Gasteiger charge is 2.30. The van der Waals surface area contributed by atoms with Crippen molar-refractivity contribution in [3.05, 3.63) is 11.9 Å². The van der Waals surface area contributed by atoms with E-state index in [1.165, 1.54) is 19.3 Å². The molecule has 1 saturated carbocycles. The predicted molar refractivity (Wildman–Crippen MR) is 82.5 cm³/mol. The second-order valence-corrected chi connectivity index (χ2v) is 7.66. The molecule has 0 bridgehead atoms. The molecule has 4 heteroatoms. The topological polar surface area (TPSA) is 42.7 Å². The maximum Gasteiger partial charge on any atom is 0.0829 e. The Balaban J connectivity index is 1.97. The maximum atomic E-state index is 4.27. The van der Waals surface area contributed by atoms with Crippen molar-refractivity contribution in [2.45, 2.75) is 58.9 Å². The fraction of sp³-hybridized carbons (Fsp3) is 0.875. The molecule has 0 aliphatic heterocycles. The molecule has 4 nitrogen and oxygen atoms in total. The summed E-state index contributed by atoms with van der Waals surface area (Å²) in [7, 11) is 1.94. The van der Waals surface area contributed by atoms with Gasteiger partial charge in [-0.2, -0.15) is 0 Å². The fourth-order valence-corrected chi connectivity index (χ4v) is 3.27. The first-order valence-corrected chi connectivity index (χ1v) is 7.93. The lowest BCUT2D eigenvalue weighted by Crippen LogP contribution is -2.42. The van der Waals surface area contributed by atoms with Gasteiger partial charge in [-0.1, -0.05) is 18.6 Å².